The van der Waals surface area contributed by atoms with Gasteiger partial charge in [-0.15, -0.1) is 5.10 Å². The molecule has 2 aliphatic heterocycles. The standard InChI is InChI=1S/C18H31N5O/c1-18(2,3)14-5-4-11-22(12-8-14)17(24)16-13-23(21-20-16)15-6-9-19-10-7-15/h13-15,19H,4-12H2,1-3H3. The third kappa shape index (κ3) is 3.97. The average Bonchev–Trinajstić information content (AvgIpc) is 2.91. The molecule has 1 aromatic heterocycles. The summed E-state index contributed by atoms with van der Waals surface area (Å²) in [6, 6.07) is 0.370. The Balaban J connectivity index is 1.63. The quantitative estimate of drug-likeness (QED) is 0.903. The van der Waals surface area contributed by atoms with Crippen LogP contribution in [-0.2, 0) is 0 Å². The van der Waals surface area contributed by atoms with Gasteiger partial charge in [-0.2, -0.15) is 0 Å². The van der Waals surface area contributed by atoms with Gasteiger partial charge < -0.3 is 10.2 Å². The van der Waals surface area contributed by atoms with Gasteiger partial charge in [0.1, 0.15) is 0 Å². The van der Waals surface area contributed by atoms with E-state index < -0.39 is 0 Å². The molecule has 0 aromatic carbocycles. The summed E-state index contributed by atoms with van der Waals surface area (Å²) in [5.74, 6) is 0.727. The van der Waals surface area contributed by atoms with Crippen LogP contribution < -0.4 is 5.32 Å². The SMILES string of the molecule is CC(C)(C)C1CCCN(C(=O)c2cn(C3CCNCC3)nn2)CC1. The number of aromatic nitrogens is 3. The van der Waals surface area contributed by atoms with Crippen molar-refractivity contribution in [3.63, 3.8) is 0 Å². The van der Waals surface area contributed by atoms with Crippen LogP contribution in [0.25, 0.3) is 0 Å². The molecule has 1 N–H and O–H groups in total. The Morgan fingerprint density at radius 3 is 2.62 bits per heavy atom. The molecule has 0 bridgehead atoms. The smallest absolute Gasteiger partial charge is 0.276 e. The van der Waals surface area contributed by atoms with E-state index in [9.17, 15) is 4.79 Å². The fourth-order valence-electron chi connectivity index (χ4n) is 3.95. The van der Waals surface area contributed by atoms with Crippen molar-refractivity contribution >= 4 is 5.91 Å². The fourth-order valence-corrected chi connectivity index (χ4v) is 3.95. The van der Waals surface area contributed by atoms with Crippen molar-refractivity contribution in [3.8, 4) is 0 Å². The zero-order chi connectivity index (χ0) is 17.2. The molecule has 6 nitrogen and oxygen atoms in total. The van der Waals surface area contributed by atoms with Gasteiger partial charge in [0.05, 0.1) is 12.2 Å². The number of carbonyl (C=O) groups excluding carboxylic acids is 1. The van der Waals surface area contributed by atoms with Gasteiger partial charge in [-0.1, -0.05) is 26.0 Å². The van der Waals surface area contributed by atoms with E-state index in [0.717, 1.165) is 51.9 Å². The van der Waals surface area contributed by atoms with Crippen LogP contribution >= 0.6 is 0 Å². The number of piperidine rings is 1. The largest absolute Gasteiger partial charge is 0.337 e. The minimum Gasteiger partial charge on any atom is -0.337 e. The molecule has 6 heteroatoms. The molecule has 2 aliphatic rings. The molecule has 134 valence electrons. The highest BCUT2D eigenvalue weighted by molar-refractivity contribution is 5.91. The summed E-state index contributed by atoms with van der Waals surface area (Å²) in [4.78, 5) is 14.8. The number of hydrogen-bond donors (Lipinski definition) is 1. The van der Waals surface area contributed by atoms with Crippen molar-refractivity contribution in [2.75, 3.05) is 26.2 Å². The van der Waals surface area contributed by atoms with Crippen LogP contribution in [0.3, 0.4) is 0 Å². The molecule has 0 spiro atoms. The molecule has 3 rings (SSSR count). The van der Waals surface area contributed by atoms with Crippen LogP contribution in [0.5, 0.6) is 0 Å². The first-order valence-electron chi connectivity index (χ1n) is 9.37. The maximum Gasteiger partial charge on any atom is 0.276 e. The molecule has 1 aromatic rings. The van der Waals surface area contributed by atoms with Crippen molar-refractivity contribution in [2.24, 2.45) is 11.3 Å². The van der Waals surface area contributed by atoms with Gasteiger partial charge in [0.25, 0.3) is 5.91 Å². The number of nitrogens with one attached hydrogen (secondary N) is 1. The highest BCUT2D eigenvalue weighted by Gasteiger charge is 2.29. The Labute approximate surface area is 145 Å². The summed E-state index contributed by atoms with van der Waals surface area (Å²) < 4.78 is 1.89. The van der Waals surface area contributed by atoms with Crippen LogP contribution in [0.1, 0.15) is 69.4 Å². The lowest BCUT2D eigenvalue weighted by Crippen LogP contribution is -2.33. The predicted molar refractivity (Wildman–Crippen MR) is 93.9 cm³/mol. The summed E-state index contributed by atoms with van der Waals surface area (Å²) in [6.45, 7) is 10.6. The topological polar surface area (TPSA) is 63.1 Å². The highest BCUT2D eigenvalue weighted by Crippen LogP contribution is 2.34. The lowest BCUT2D eigenvalue weighted by Gasteiger charge is -2.29. The van der Waals surface area contributed by atoms with E-state index in [4.69, 9.17) is 0 Å². The summed E-state index contributed by atoms with van der Waals surface area (Å²) in [7, 11) is 0. The van der Waals surface area contributed by atoms with Crippen LogP contribution in [0.2, 0.25) is 0 Å². The monoisotopic (exact) mass is 333 g/mol. The second kappa shape index (κ2) is 7.21. The highest BCUT2D eigenvalue weighted by atomic mass is 16.2. The van der Waals surface area contributed by atoms with Gasteiger partial charge in [-0.25, -0.2) is 4.68 Å². The average molecular weight is 333 g/mol. The molecule has 2 saturated heterocycles. The van der Waals surface area contributed by atoms with Gasteiger partial charge in [-0.05, 0) is 56.5 Å². The minimum absolute atomic E-state index is 0.0461. The molecule has 0 saturated carbocycles. The van der Waals surface area contributed by atoms with E-state index in [1.165, 1.54) is 6.42 Å². The van der Waals surface area contributed by atoms with Crippen LogP contribution in [0, 0.1) is 11.3 Å². The minimum atomic E-state index is 0.0461. The molecular weight excluding hydrogens is 302 g/mol. The first-order valence-corrected chi connectivity index (χ1v) is 9.37. The van der Waals surface area contributed by atoms with Gasteiger partial charge >= 0.3 is 0 Å². The third-order valence-corrected chi connectivity index (χ3v) is 5.65. The van der Waals surface area contributed by atoms with Gasteiger partial charge in [-0.3, -0.25) is 4.79 Å². The summed E-state index contributed by atoms with van der Waals surface area (Å²) in [5, 5.41) is 11.7. The predicted octanol–water partition coefficient (Wildman–Crippen LogP) is 2.49. The summed E-state index contributed by atoms with van der Waals surface area (Å²) in [5.41, 5.74) is 0.819. The van der Waals surface area contributed by atoms with Gasteiger partial charge in [0.2, 0.25) is 0 Å². The molecule has 1 unspecified atom stereocenters. The van der Waals surface area contributed by atoms with E-state index in [1.807, 2.05) is 15.8 Å². The maximum atomic E-state index is 12.8. The van der Waals surface area contributed by atoms with Crippen molar-refractivity contribution in [1.82, 2.24) is 25.2 Å². The number of rotatable bonds is 2. The van der Waals surface area contributed by atoms with E-state index in [2.05, 4.69) is 36.4 Å². The second-order valence-corrected chi connectivity index (χ2v) is 8.35. The van der Waals surface area contributed by atoms with E-state index in [1.54, 1.807) is 0 Å². The molecule has 0 aliphatic carbocycles. The number of amides is 1. The lowest BCUT2D eigenvalue weighted by molar-refractivity contribution is 0.0749. The van der Waals surface area contributed by atoms with E-state index in [-0.39, 0.29) is 5.91 Å². The van der Waals surface area contributed by atoms with Gasteiger partial charge in [0.15, 0.2) is 5.69 Å². The van der Waals surface area contributed by atoms with Gasteiger partial charge in [0, 0.05) is 13.1 Å². The molecule has 3 heterocycles. The summed E-state index contributed by atoms with van der Waals surface area (Å²) >= 11 is 0. The Kier molecular flexibility index (Phi) is 5.23. The molecule has 2 fully saturated rings. The van der Waals surface area contributed by atoms with Crippen LogP contribution in [0.4, 0.5) is 0 Å². The van der Waals surface area contributed by atoms with Crippen molar-refractivity contribution in [1.29, 1.82) is 0 Å². The second-order valence-electron chi connectivity index (χ2n) is 8.35. The zero-order valence-corrected chi connectivity index (χ0v) is 15.3. The molecular formula is C18H31N5O. The lowest BCUT2D eigenvalue weighted by atomic mass is 9.77. The van der Waals surface area contributed by atoms with Crippen LogP contribution in [0.15, 0.2) is 6.20 Å². The number of nitrogens with zero attached hydrogens (tertiary/aromatic N) is 4. The molecule has 0 radical (unpaired) electrons. The van der Waals surface area contributed by atoms with Crippen LogP contribution in [-0.4, -0.2) is 52.0 Å². The van der Waals surface area contributed by atoms with Crippen molar-refractivity contribution in [3.05, 3.63) is 11.9 Å². The maximum absolute atomic E-state index is 12.8. The van der Waals surface area contributed by atoms with Crippen molar-refractivity contribution in [2.45, 2.75) is 58.9 Å². The molecule has 1 amide bonds. The Morgan fingerprint density at radius 2 is 1.92 bits per heavy atom. The normalized spacial score (nSPS) is 24.0. The Hall–Kier alpha value is -1.43. The fraction of sp³-hybridized carbons (Fsp3) is 0.833. The number of carbonyl (C=O) groups is 1. The number of hydrogen-bond acceptors (Lipinski definition) is 4. The molecule has 1 atom stereocenters. The van der Waals surface area contributed by atoms with Crippen molar-refractivity contribution < 1.29 is 4.79 Å². The molecule has 24 heavy (non-hydrogen) atoms. The Bertz CT molecular complexity index is 556. The summed E-state index contributed by atoms with van der Waals surface area (Å²) in [6.07, 6.45) is 7.31. The first-order chi connectivity index (χ1) is 11.4. The van der Waals surface area contributed by atoms with E-state index >= 15 is 0 Å². The first kappa shape index (κ1) is 17.4. The van der Waals surface area contributed by atoms with E-state index in [0.29, 0.717) is 23.1 Å². The third-order valence-electron chi connectivity index (χ3n) is 5.65. The Morgan fingerprint density at radius 1 is 1.17 bits per heavy atom. The number of likely N-dealkylation sites (tertiary alicyclic amines) is 1. The zero-order valence-electron chi connectivity index (χ0n) is 15.3.